The van der Waals surface area contributed by atoms with Crippen LogP contribution >= 0.6 is 0 Å². The van der Waals surface area contributed by atoms with Crippen molar-refractivity contribution in [2.24, 2.45) is 0 Å². The van der Waals surface area contributed by atoms with Gasteiger partial charge in [-0.1, -0.05) is 26.0 Å². The SMILES string of the molecule is CC(C)c1ccc(OC[C@H](C)NC(=O)c2ccc(F)cc2)cc1. The van der Waals surface area contributed by atoms with Gasteiger partial charge in [-0.3, -0.25) is 4.79 Å². The highest BCUT2D eigenvalue weighted by Crippen LogP contribution is 2.18. The molecule has 1 atom stereocenters. The standard InChI is InChI=1S/C19H22FNO2/c1-13(2)15-6-10-18(11-7-15)23-12-14(3)21-19(22)16-4-8-17(20)9-5-16/h4-11,13-14H,12H2,1-3H3,(H,21,22)/t14-/m0/s1. The third-order valence-electron chi connectivity index (χ3n) is 3.53. The van der Waals surface area contributed by atoms with E-state index in [0.717, 1.165) is 5.75 Å². The number of rotatable bonds is 6. The minimum absolute atomic E-state index is 0.155. The summed E-state index contributed by atoms with van der Waals surface area (Å²) in [7, 11) is 0. The van der Waals surface area contributed by atoms with Gasteiger partial charge in [0, 0.05) is 5.56 Å². The summed E-state index contributed by atoms with van der Waals surface area (Å²) in [6.07, 6.45) is 0. The van der Waals surface area contributed by atoms with Gasteiger partial charge in [-0.2, -0.15) is 0 Å². The van der Waals surface area contributed by atoms with Crippen LogP contribution in [0.4, 0.5) is 4.39 Å². The summed E-state index contributed by atoms with van der Waals surface area (Å²) in [5.74, 6) is 0.661. The molecular formula is C19H22FNO2. The van der Waals surface area contributed by atoms with E-state index in [1.54, 1.807) is 0 Å². The van der Waals surface area contributed by atoms with Gasteiger partial charge < -0.3 is 10.1 Å². The zero-order chi connectivity index (χ0) is 16.8. The Hall–Kier alpha value is -2.36. The van der Waals surface area contributed by atoms with E-state index >= 15 is 0 Å². The van der Waals surface area contributed by atoms with Gasteiger partial charge in [0.15, 0.2) is 0 Å². The average Bonchev–Trinajstić information content (AvgIpc) is 2.54. The third kappa shape index (κ3) is 5.09. The monoisotopic (exact) mass is 315 g/mol. The average molecular weight is 315 g/mol. The summed E-state index contributed by atoms with van der Waals surface area (Å²) in [6.45, 7) is 6.52. The van der Waals surface area contributed by atoms with Crippen molar-refractivity contribution in [3.8, 4) is 5.75 Å². The summed E-state index contributed by atoms with van der Waals surface area (Å²) in [4.78, 5) is 12.0. The molecule has 1 amide bonds. The van der Waals surface area contributed by atoms with Crippen molar-refractivity contribution < 1.29 is 13.9 Å². The lowest BCUT2D eigenvalue weighted by atomic mass is 10.0. The fourth-order valence-corrected chi connectivity index (χ4v) is 2.12. The van der Waals surface area contributed by atoms with E-state index < -0.39 is 0 Å². The Bertz CT molecular complexity index is 635. The van der Waals surface area contributed by atoms with Gasteiger partial charge in [0.2, 0.25) is 0 Å². The molecule has 0 aromatic heterocycles. The number of benzene rings is 2. The molecule has 3 nitrogen and oxygen atoms in total. The second kappa shape index (κ2) is 7.77. The first-order chi connectivity index (χ1) is 11.0. The van der Waals surface area contributed by atoms with Gasteiger partial charge in [-0.15, -0.1) is 0 Å². The molecule has 0 saturated carbocycles. The van der Waals surface area contributed by atoms with Crippen molar-refractivity contribution >= 4 is 5.91 Å². The normalized spacial score (nSPS) is 12.0. The molecule has 23 heavy (non-hydrogen) atoms. The summed E-state index contributed by atoms with van der Waals surface area (Å²) >= 11 is 0. The fourth-order valence-electron chi connectivity index (χ4n) is 2.12. The van der Waals surface area contributed by atoms with Crippen LogP contribution in [0, 0.1) is 5.82 Å². The first-order valence-corrected chi connectivity index (χ1v) is 7.75. The second-order valence-electron chi connectivity index (χ2n) is 5.92. The zero-order valence-electron chi connectivity index (χ0n) is 13.7. The molecule has 2 aromatic rings. The van der Waals surface area contributed by atoms with Crippen LogP contribution in [-0.4, -0.2) is 18.6 Å². The van der Waals surface area contributed by atoms with Crippen LogP contribution in [0.5, 0.6) is 5.75 Å². The largest absolute Gasteiger partial charge is 0.491 e. The number of carbonyl (C=O) groups excluding carboxylic acids is 1. The maximum absolute atomic E-state index is 12.8. The molecule has 1 N–H and O–H groups in total. The van der Waals surface area contributed by atoms with Crippen LogP contribution in [0.15, 0.2) is 48.5 Å². The smallest absolute Gasteiger partial charge is 0.251 e. The molecule has 0 spiro atoms. The van der Waals surface area contributed by atoms with Crippen LogP contribution in [0.25, 0.3) is 0 Å². The number of carbonyl (C=O) groups is 1. The minimum atomic E-state index is -0.359. The Balaban J connectivity index is 1.83. The summed E-state index contributed by atoms with van der Waals surface area (Å²) in [6, 6.07) is 13.3. The van der Waals surface area contributed by atoms with E-state index in [1.807, 2.05) is 31.2 Å². The molecule has 4 heteroatoms. The van der Waals surface area contributed by atoms with Gasteiger partial charge in [-0.25, -0.2) is 4.39 Å². The van der Waals surface area contributed by atoms with Gasteiger partial charge in [0.1, 0.15) is 18.2 Å². The fraction of sp³-hybridized carbons (Fsp3) is 0.316. The lowest BCUT2D eigenvalue weighted by Crippen LogP contribution is -2.36. The predicted octanol–water partition coefficient (Wildman–Crippen LogP) is 4.15. The highest BCUT2D eigenvalue weighted by Gasteiger charge is 2.10. The summed E-state index contributed by atoms with van der Waals surface area (Å²) < 4.78 is 18.5. The number of halogens is 1. The molecule has 0 radical (unpaired) electrons. The molecule has 2 rings (SSSR count). The van der Waals surface area contributed by atoms with Crippen LogP contribution < -0.4 is 10.1 Å². The molecule has 0 bridgehead atoms. The maximum atomic E-state index is 12.8. The van der Waals surface area contributed by atoms with E-state index in [0.29, 0.717) is 18.1 Å². The van der Waals surface area contributed by atoms with Crippen LogP contribution in [-0.2, 0) is 0 Å². The van der Waals surface area contributed by atoms with Crippen molar-refractivity contribution in [1.82, 2.24) is 5.32 Å². The minimum Gasteiger partial charge on any atom is -0.491 e. The predicted molar refractivity (Wildman–Crippen MR) is 89.4 cm³/mol. The molecule has 0 aliphatic rings. The first-order valence-electron chi connectivity index (χ1n) is 7.75. The van der Waals surface area contributed by atoms with Gasteiger partial charge >= 0.3 is 0 Å². The lowest BCUT2D eigenvalue weighted by molar-refractivity contribution is 0.0926. The molecule has 0 fully saturated rings. The van der Waals surface area contributed by atoms with Crippen LogP contribution in [0.2, 0.25) is 0 Å². The molecule has 0 aliphatic heterocycles. The summed E-state index contributed by atoms with van der Waals surface area (Å²) in [5, 5.41) is 2.83. The Morgan fingerprint density at radius 3 is 2.22 bits per heavy atom. The second-order valence-corrected chi connectivity index (χ2v) is 5.92. The van der Waals surface area contributed by atoms with Crippen molar-refractivity contribution in [1.29, 1.82) is 0 Å². The topological polar surface area (TPSA) is 38.3 Å². The Labute approximate surface area is 136 Å². The first kappa shape index (κ1) is 17.0. The number of amides is 1. The third-order valence-corrected chi connectivity index (χ3v) is 3.53. The lowest BCUT2D eigenvalue weighted by Gasteiger charge is -2.15. The molecule has 122 valence electrons. The Morgan fingerprint density at radius 2 is 1.65 bits per heavy atom. The van der Waals surface area contributed by atoms with Crippen molar-refractivity contribution in [2.45, 2.75) is 32.7 Å². The van der Waals surface area contributed by atoms with Crippen molar-refractivity contribution in [3.63, 3.8) is 0 Å². The number of hydrogen-bond donors (Lipinski definition) is 1. The maximum Gasteiger partial charge on any atom is 0.251 e. The number of ether oxygens (including phenoxy) is 1. The van der Waals surface area contributed by atoms with Gasteiger partial charge in [-0.05, 0) is 54.8 Å². The van der Waals surface area contributed by atoms with Gasteiger partial charge in [0.05, 0.1) is 6.04 Å². The molecule has 2 aromatic carbocycles. The number of nitrogens with one attached hydrogen (secondary N) is 1. The van der Waals surface area contributed by atoms with E-state index in [4.69, 9.17) is 4.74 Å². The van der Waals surface area contributed by atoms with Crippen LogP contribution in [0.1, 0.15) is 42.6 Å². The van der Waals surface area contributed by atoms with E-state index in [2.05, 4.69) is 19.2 Å². The van der Waals surface area contributed by atoms with Crippen molar-refractivity contribution in [3.05, 3.63) is 65.5 Å². The Kier molecular flexibility index (Phi) is 5.74. The molecule has 0 heterocycles. The summed E-state index contributed by atoms with van der Waals surface area (Å²) in [5.41, 5.74) is 1.69. The van der Waals surface area contributed by atoms with Gasteiger partial charge in [0.25, 0.3) is 5.91 Å². The van der Waals surface area contributed by atoms with E-state index in [1.165, 1.54) is 29.8 Å². The van der Waals surface area contributed by atoms with E-state index in [9.17, 15) is 9.18 Å². The molecule has 0 aliphatic carbocycles. The van der Waals surface area contributed by atoms with Crippen LogP contribution in [0.3, 0.4) is 0 Å². The molecule has 0 saturated heterocycles. The quantitative estimate of drug-likeness (QED) is 0.870. The van der Waals surface area contributed by atoms with E-state index in [-0.39, 0.29) is 17.8 Å². The Morgan fingerprint density at radius 1 is 1.04 bits per heavy atom. The highest BCUT2D eigenvalue weighted by atomic mass is 19.1. The molecular weight excluding hydrogens is 293 g/mol. The zero-order valence-corrected chi connectivity index (χ0v) is 13.7. The van der Waals surface area contributed by atoms with Crippen molar-refractivity contribution in [2.75, 3.05) is 6.61 Å². The highest BCUT2D eigenvalue weighted by molar-refractivity contribution is 5.94. The number of hydrogen-bond acceptors (Lipinski definition) is 2. The molecule has 0 unspecified atom stereocenters.